The third-order valence-electron chi connectivity index (χ3n) is 2.72. The van der Waals surface area contributed by atoms with Gasteiger partial charge in [0.15, 0.2) is 0 Å². The van der Waals surface area contributed by atoms with Crippen LogP contribution in [0.2, 0.25) is 0 Å². The molecule has 0 fully saturated rings. The van der Waals surface area contributed by atoms with Gasteiger partial charge in [0.2, 0.25) is 0 Å². The van der Waals surface area contributed by atoms with Crippen molar-refractivity contribution < 1.29 is 21.6 Å². The first kappa shape index (κ1) is 18.7. The predicted octanol–water partition coefficient (Wildman–Crippen LogP) is 2.18. The van der Waals surface area contributed by atoms with Crippen LogP contribution in [0.15, 0.2) is 0 Å². The first-order valence-corrected chi connectivity index (χ1v) is 7.42. The van der Waals surface area contributed by atoms with Gasteiger partial charge in [0, 0.05) is 25.7 Å². The average molecular weight is 304 g/mol. The molecule has 1 atom stereocenters. The normalized spacial score (nSPS) is 16.2. The lowest BCUT2D eigenvalue weighted by molar-refractivity contribution is -0.0486. The summed E-state index contributed by atoms with van der Waals surface area (Å²) < 4.78 is 60.2. The summed E-state index contributed by atoms with van der Waals surface area (Å²) in [5.74, 6) is 0. The second kappa shape index (κ2) is 5.97. The maximum atomic E-state index is 12.4. The molecule has 0 aromatic rings. The van der Waals surface area contributed by atoms with Crippen molar-refractivity contribution >= 4 is 10.0 Å². The van der Waals surface area contributed by atoms with Crippen molar-refractivity contribution in [3.05, 3.63) is 0 Å². The second-order valence-electron chi connectivity index (χ2n) is 5.97. The first-order chi connectivity index (χ1) is 8.19. The molecular formula is C11H23F3N2O2S. The van der Waals surface area contributed by atoms with Gasteiger partial charge in [-0.1, -0.05) is 34.6 Å². The van der Waals surface area contributed by atoms with Crippen molar-refractivity contribution in [1.29, 1.82) is 0 Å². The molecule has 0 bridgehead atoms. The fourth-order valence-electron chi connectivity index (χ4n) is 1.51. The van der Waals surface area contributed by atoms with E-state index in [2.05, 4.69) is 5.32 Å². The summed E-state index contributed by atoms with van der Waals surface area (Å²) >= 11 is 0. The van der Waals surface area contributed by atoms with E-state index in [-0.39, 0.29) is 24.0 Å². The van der Waals surface area contributed by atoms with Crippen LogP contribution in [-0.2, 0) is 10.0 Å². The Labute approximate surface area is 113 Å². The van der Waals surface area contributed by atoms with Crippen LogP contribution >= 0.6 is 0 Å². The smallest absolute Gasteiger partial charge is 0.310 e. The van der Waals surface area contributed by atoms with Gasteiger partial charge in [-0.3, -0.25) is 0 Å². The largest absolute Gasteiger partial charge is 0.511 e. The number of hydrogen-bond acceptors (Lipinski definition) is 3. The first-order valence-electron chi connectivity index (χ1n) is 5.98. The van der Waals surface area contributed by atoms with E-state index >= 15 is 0 Å². The molecule has 0 spiro atoms. The molecule has 0 rings (SSSR count). The standard InChI is InChI=1S/C11H23F3N2O2S/c1-8(2)15-9(10(3,4)5)7-16(6)19(17,18)11(12,13)14/h8-9,15H,7H2,1-6H3/t9-/m1/s1. The van der Waals surface area contributed by atoms with E-state index in [1.165, 1.54) is 0 Å². The zero-order chi connectivity index (χ0) is 15.6. The Hall–Kier alpha value is -0.340. The van der Waals surface area contributed by atoms with E-state index in [4.69, 9.17) is 0 Å². The number of hydrogen-bond donors (Lipinski definition) is 1. The fraction of sp³-hybridized carbons (Fsp3) is 1.00. The van der Waals surface area contributed by atoms with Crippen molar-refractivity contribution in [2.45, 2.75) is 52.2 Å². The summed E-state index contributed by atoms with van der Waals surface area (Å²) in [7, 11) is -4.33. The molecule has 4 nitrogen and oxygen atoms in total. The summed E-state index contributed by atoms with van der Waals surface area (Å²) in [6, 6.07) is -0.333. The van der Waals surface area contributed by atoms with E-state index in [0.717, 1.165) is 7.05 Å². The minimum absolute atomic E-state index is 0.0474. The lowest BCUT2D eigenvalue weighted by Gasteiger charge is -2.35. The number of sulfonamides is 1. The molecule has 19 heavy (non-hydrogen) atoms. The van der Waals surface area contributed by atoms with Crippen LogP contribution in [0, 0.1) is 5.41 Å². The molecule has 0 aliphatic heterocycles. The van der Waals surface area contributed by atoms with Crippen molar-refractivity contribution in [1.82, 2.24) is 9.62 Å². The molecule has 1 N–H and O–H groups in total. The van der Waals surface area contributed by atoms with Gasteiger partial charge >= 0.3 is 15.5 Å². The maximum Gasteiger partial charge on any atom is 0.511 e. The Balaban J connectivity index is 5.08. The van der Waals surface area contributed by atoms with Crippen LogP contribution in [0.5, 0.6) is 0 Å². The molecule has 0 heterocycles. The third kappa shape index (κ3) is 5.27. The van der Waals surface area contributed by atoms with Gasteiger partial charge in [-0.25, -0.2) is 8.42 Å². The van der Waals surface area contributed by atoms with Crippen LogP contribution in [-0.4, -0.2) is 43.9 Å². The van der Waals surface area contributed by atoms with Gasteiger partial charge in [0.1, 0.15) is 0 Å². The summed E-state index contributed by atoms with van der Waals surface area (Å²) in [4.78, 5) is 0. The van der Waals surface area contributed by atoms with Crippen molar-refractivity contribution in [3.63, 3.8) is 0 Å². The molecule has 0 aliphatic carbocycles. The molecule has 0 aliphatic rings. The zero-order valence-corrected chi connectivity index (χ0v) is 13.0. The van der Waals surface area contributed by atoms with Crippen LogP contribution in [0.25, 0.3) is 0 Å². The highest BCUT2D eigenvalue weighted by Crippen LogP contribution is 2.28. The van der Waals surface area contributed by atoms with Gasteiger partial charge in [0.05, 0.1) is 0 Å². The monoisotopic (exact) mass is 304 g/mol. The Kier molecular flexibility index (Phi) is 5.86. The van der Waals surface area contributed by atoms with Crippen molar-refractivity contribution in [2.24, 2.45) is 5.41 Å². The van der Waals surface area contributed by atoms with Gasteiger partial charge in [0.25, 0.3) is 0 Å². The molecule has 0 aromatic carbocycles. The zero-order valence-electron chi connectivity index (χ0n) is 12.2. The average Bonchev–Trinajstić information content (AvgIpc) is 2.12. The van der Waals surface area contributed by atoms with Gasteiger partial charge in [-0.2, -0.15) is 17.5 Å². The highest BCUT2D eigenvalue weighted by Gasteiger charge is 2.49. The van der Waals surface area contributed by atoms with E-state index in [1.807, 2.05) is 34.6 Å². The SMILES string of the molecule is CC(C)N[C@H](CN(C)S(=O)(=O)C(F)(F)F)C(C)(C)C. The highest BCUT2D eigenvalue weighted by molar-refractivity contribution is 7.89. The van der Waals surface area contributed by atoms with E-state index in [9.17, 15) is 21.6 Å². The van der Waals surface area contributed by atoms with Crippen molar-refractivity contribution in [3.8, 4) is 0 Å². The Morgan fingerprint density at radius 2 is 1.58 bits per heavy atom. The van der Waals surface area contributed by atoms with E-state index in [1.54, 1.807) is 0 Å². The molecule has 116 valence electrons. The Morgan fingerprint density at radius 3 is 1.84 bits per heavy atom. The minimum Gasteiger partial charge on any atom is -0.310 e. The summed E-state index contributed by atoms with van der Waals surface area (Å²) in [5, 5.41) is 3.10. The summed E-state index contributed by atoms with van der Waals surface area (Å²) in [5.41, 5.74) is -5.62. The van der Waals surface area contributed by atoms with Crippen LogP contribution in [0.1, 0.15) is 34.6 Å². The lowest BCUT2D eigenvalue weighted by Crippen LogP contribution is -2.52. The number of alkyl halides is 3. The van der Waals surface area contributed by atoms with E-state index in [0.29, 0.717) is 4.31 Å². The number of nitrogens with one attached hydrogen (secondary N) is 1. The molecule has 0 saturated carbocycles. The second-order valence-corrected chi connectivity index (χ2v) is 8.01. The molecule has 0 radical (unpaired) electrons. The molecule has 0 amide bonds. The summed E-state index contributed by atoms with van der Waals surface area (Å²) in [6.45, 7) is 9.03. The number of likely N-dealkylation sites (N-methyl/N-ethyl adjacent to an activating group) is 1. The molecule has 8 heteroatoms. The number of rotatable bonds is 5. The summed E-state index contributed by atoms with van der Waals surface area (Å²) in [6.07, 6.45) is 0. The van der Waals surface area contributed by atoms with Crippen LogP contribution in [0.3, 0.4) is 0 Å². The van der Waals surface area contributed by atoms with Gasteiger partial charge < -0.3 is 5.32 Å². The fourth-order valence-corrected chi connectivity index (χ4v) is 2.21. The lowest BCUT2D eigenvalue weighted by atomic mass is 9.86. The van der Waals surface area contributed by atoms with E-state index < -0.39 is 15.5 Å². The molecular weight excluding hydrogens is 281 g/mol. The van der Waals surface area contributed by atoms with Crippen LogP contribution in [0.4, 0.5) is 13.2 Å². The third-order valence-corrected chi connectivity index (χ3v) is 4.28. The maximum absolute atomic E-state index is 12.4. The van der Waals surface area contributed by atoms with Gasteiger partial charge in [-0.15, -0.1) is 0 Å². The molecule has 0 unspecified atom stereocenters. The minimum atomic E-state index is -5.27. The predicted molar refractivity (Wildman–Crippen MR) is 69.1 cm³/mol. The molecule has 0 aromatic heterocycles. The highest BCUT2D eigenvalue weighted by atomic mass is 32.2. The molecule has 0 saturated heterocycles. The van der Waals surface area contributed by atoms with Crippen LogP contribution < -0.4 is 5.32 Å². The number of nitrogens with zero attached hydrogens (tertiary/aromatic N) is 1. The Bertz CT molecular complexity index is 386. The van der Waals surface area contributed by atoms with Crippen molar-refractivity contribution in [2.75, 3.05) is 13.6 Å². The number of halogens is 3. The topological polar surface area (TPSA) is 49.4 Å². The quantitative estimate of drug-likeness (QED) is 0.847. The van der Waals surface area contributed by atoms with Gasteiger partial charge in [-0.05, 0) is 5.41 Å². The Morgan fingerprint density at radius 1 is 1.16 bits per heavy atom.